The van der Waals surface area contributed by atoms with Gasteiger partial charge in [0.2, 0.25) is 5.91 Å². The Morgan fingerprint density at radius 1 is 0.913 bits per heavy atom. The first-order valence-electron chi connectivity index (χ1n) is 13.8. The topological polar surface area (TPSA) is 100 Å². The first kappa shape index (κ1) is 32.9. The minimum Gasteiger partial charge on any atom is -0.321 e. The fraction of sp³-hybridized carbons (Fsp3) is 0.0588. The number of carbonyl (C=O) groups is 3. The third kappa shape index (κ3) is 8.82. The smallest absolute Gasteiger partial charge is 0.272 e. The van der Waals surface area contributed by atoms with E-state index in [9.17, 15) is 18.8 Å². The Balaban J connectivity index is 1.25. The molecule has 5 rings (SSSR count). The molecule has 5 aromatic rings. The minimum atomic E-state index is -0.582. The Morgan fingerprint density at radius 2 is 1.67 bits per heavy atom. The molecule has 0 aliphatic heterocycles. The van der Waals surface area contributed by atoms with Crippen LogP contribution in [-0.2, 0) is 9.59 Å². The number of halogens is 3. The Kier molecular flexibility index (Phi) is 10.9. The molecule has 0 fully saturated rings. The molecule has 0 saturated carbocycles. The molecule has 3 N–H and O–H groups in total. The number of rotatable bonds is 10. The van der Waals surface area contributed by atoms with Gasteiger partial charge in [-0.3, -0.25) is 14.4 Å². The van der Waals surface area contributed by atoms with Gasteiger partial charge in [0.05, 0.1) is 16.0 Å². The lowest BCUT2D eigenvalue weighted by Gasteiger charge is -2.13. The lowest BCUT2D eigenvalue weighted by Crippen LogP contribution is -2.30. The van der Waals surface area contributed by atoms with Crippen LogP contribution >= 0.6 is 46.3 Å². The lowest BCUT2D eigenvalue weighted by atomic mass is 10.1. The van der Waals surface area contributed by atoms with E-state index < -0.39 is 22.9 Å². The second-order valence-corrected chi connectivity index (χ2v) is 12.9. The number of amides is 3. The zero-order valence-electron chi connectivity index (χ0n) is 24.1. The summed E-state index contributed by atoms with van der Waals surface area (Å²) in [5.74, 6) is -1.73. The maximum absolute atomic E-state index is 13.5. The Labute approximate surface area is 282 Å². The number of hydrogen-bond acceptors (Lipinski definition) is 6. The summed E-state index contributed by atoms with van der Waals surface area (Å²) in [6, 6.07) is 26.1. The highest BCUT2D eigenvalue weighted by molar-refractivity contribution is 8.00. The number of nitrogens with one attached hydrogen (secondary N) is 3. The van der Waals surface area contributed by atoms with E-state index in [0.29, 0.717) is 43.2 Å². The van der Waals surface area contributed by atoms with Crippen molar-refractivity contribution in [1.82, 2.24) is 10.3 Å². The van der Waals surface area contributed by atoms with Gasteiger partial charge in [0.1, 0.15) is 11.5 Å². The molecular weight excluding hydrogens is 666 g/mol. The van der Waals surface area contributed by atoms with E-state index >= 15 is 0 Å². The second-order valence-electron chi connectivity index (χ2n) is 9.82. The molecule has 3 amide bonds. The predicted molar refractivity (Wildman–Crippen MR) is 185 cm³/mol. The van der Waals surface area contributed by atoms with Crippen LogP contribution < -0.4 is 16.0 Å². The highest BCUT2D eigenvalue weighted by atomic mass is 35.5. The molecule has 12 heteroatoms. The molecule has 0 aliphatic rings. The molecule has 4 aromatic carbocycles. The largest absolute Gasteiger partial charge is 0.321 e. The second kappa shape index (κ2) is 15.2. The number of benzene rings is 4. The van der Waals surface area contributed by atoms with Crippen molar-refractivity contribution in [2.75, 3.05) is 10.6 Å². The third-order valence-electron chi connectivity index (χ3n) is 6.43. The van der Waals surface area contributed by atoms with Crippen molar-refractivity contribution in [2.45, 2.75) is 17.1 Å². The molecule has 0 bridgehead atoms. The standard InChI is InChI=1S/C34H25Cl2FN4O3S2/c1-20(31(42)41-34-40-30(19-45-34)27-15-12-23(35)17-28(27)36)46-26-9-5-8-25(18-26)38-33(44)29(16-21-10-13-24(37)14-11-21)39-32(43)22-6-3-2-4-7-22/h2-20H,1H3,(H,38,44)(H,39,43)(H,40,41,42)/b29-16-. The van der Waals surface area contributed by atoms with Crippen LogP contribution in [0.5, 0.6) is 0 Å². The highest BCUT2D eigenvalue weighted by Gasteiger charge is 2.19. The van der Waals surface area contributed by atoms with Crippen LogP contribution in [0.4, 0.5) is 15.2 Å². The number of aromatic nitrogens is 1. The van der Waals surface area contributed by atoms with Crippen molar-refractivity contribution < 1.29 is 18.8 Å². The number of thiazole rings is 1. The van der Waals surface area contributed by atoms with E-state index in [0.717, 1.165) is 4.90 Å². The summed E-state index contributed by atoms with van der Waals surface area (Å²) in [4.78, 5) is 44.5. The summed E-state index contributed by atoms with van der Waals surface area (Å²) < 4.78 is 13.5. The van der Waals surface area contributed by atoms with Crippen LogP contribution in [0, 0.1) is 5.82 Å². The third-order valence-corrected chi connectivity index (χ3v) is 8.82. The summed E-state index contributed by atoms with van der Waals surface area (Å²) in [5.41, 5.74) is 2.64. The van der Waals surface area contributed by atoms with E-state index in [2.05, 4.69) is 20.9 Å². The first-order valence-corrected chi connectivity index (χ1v) is 16.3. The van der Waals surface area contributed by atoms with Crippen molar-refractivity contribution in [1.29, 1.82) is 0 Å². The van der Waals surface area contributed by atoms with Crippen molar-refractivity contribution >= 4 is 80.9 Å². The van der Waals surface area contributed by atoms with Gasteiger partial charge >= 0.3 is 0 Å². The monoisotopic (exact) mass is 690 g/mol. The van der Waals surface area contributed by atoms with E-state index in [-0.39, 0.29) is 11.6 Å². The van der Waals surface area contributed by atoms with E-state index in [1.807, 2.05) is 6.07 Å². The van der Waals surface area contributed by atoms with Crippen LogP contribution in [0.2, 0.25) is 10.0 Å². The SMILES string of the molecule is CC(Sc1cccc(NC(=O)/C(=C/c2ccc(F)cc2)NC(=O)c2ccccc2)c1)C(=O)Nc1nc(-c2ccc(Cl)cc2Cl)cs1. The van der Waals surface area contributed by atoms with Crippen LogP contribution in [0.3, 0.4) is 0 Å². The van der Waals surface area contributed by atoms with Crippen molar-refractivity contribution in [3.63, 3.8) is 0 Å². The van der Waals surface area contributed by atoms with Crippen LogP contribution in [0.1, 0.15) is 22.8 Å². The molecule has 0 aliphatic carbocycles. The molecule has 1 heterocycles. The van der Waals surface area contributed by atoms with Crippen LogP contribution in [0.15, 0.2) is 113 Å². The van der Waals surface area contributed by atoms with Gasteiger partial charge in [-0.05, 0) is 79.2 Å². The van der Waals surface area contributed by atoms with Gasteiger partial charge in [0.25, 0.3) is 11.8 Å². The lowest BCUT2D eigenvalue weighted by molar-refractivity contribution is -0.115. The fourth-order valence-electron chi connectivity index (χ4n) is 4.13. The van der Waals surface area contributed by atoms with Gasteiger partial charge in [-0.25, -0.2) is 9.37 Å². The first-order chi connectivity index (χ1) is 22.1. The summed E-state index contributed by atoms with van der Waals surface area (Å²) in [7, 11) is 0. The zero-order valence-corrected chi connectivity index (χ0v) is 27.2. The minimum absolute atomic E-state index is 0.0334. The average Bonchev–Trinajstić information content (AvgIpc) is 3.50. The molecule has 1 aromatic heterocycles. The quantitative estimate of drug-likeness (QED) is 0.100. The van der Waals surface area contributed by atoms with E-state index in [1.54, 1.807) is 79.0 Å². The molecule has 0 spiro atoms. The normalized spacial score (nSPS) is 11.9. The molecule has 46 heavy (non-hydrogen) atoms. The van der Waals surface area contributed by atoms with Gasteiger partial charge in [-0.2, -0.15) is 0 Å². The maximum atomic E-state index is 13.5. The Bertz CT molecular complexity index is 1920. The number of nitrogens with zero attached hydrogens (tertiary/aromatic N) is 1. The molecule has 232 valence electrons. The van der Waals surface area contributed by atoms with Crippen molar-refractivity contribution in [2.24, 2.45) is 0 Å². The number of thioether (sulfide) groups is 1. The average molecular weight is 692 g/mol. The van der Waals surface area contributed by atoms with Gasteiger partial charge in [0.15, 0.2) is 5.13 Å². The van der Waals surface area contributed by atoms with Gasteiger partial charge < -0.3 is 16.0 Å². The van der Waals surface area contributed by atoms with Gasteiger partial charge in [-0.15, -0.1) is 23.1 Å². The number of carbonyl (C=O) groups excluding carboxylic acids is 3. The van der Waals surface area contributed by atoms with Crippen molar-refractivity contribution in [3.05, 3.63) is 135 Å². The Hall–Kier alpha value is -4.48. The Morgan fingerprint density at radius 3 is 2.41 bits per heavy atom. The van der Waals surface area contributed by atoms with Crippen LogP contribution in [-0.4, -0.2) is 28.0 Å². The summed E-state index contributed by atoms with van der Waals surface area (Å²) in [6.45, 7) is 1.76. The fourth-order valence-corrected chi connectivity index (χ4v) is 6.28. The molecule has 1 atom stereocenters. The van der Waals surface area contributed by atoms with E-state index in [4.69, 9.17) is 23.2 Å². The summed E-state index contributed by atoms with van der Waals surface area (Å²) in [5, 5.41) is 11.0. The zero-order chi connectivity index (χ0) is 32.6. The van der Waals surface area contributed by atoms with Gasteiger partial charge in [0, 0.05) is 32.1 Å². The molecule has 0 saturated heterocycles. The van der Waals surface area contributed by atoms with Crippen molar-refractivity contribution in [3.8, 4) is 11.3 Å². The van der Waals surface area contributed by atoms with Gasteiger partial charge in [-0.1, -0.05) is 59.6 Å². The predicted octanol–water partition coefficient (Wildman–Crippen LogP) is 8.78. The summed E-state index contributed by atoms with van der Waals surface area (Å²) >= 11 is 14.9. The molecular formula is C34H25Cl2FN4O3S2. The molecule has 1 unspecified atom stereocenters. The highest BCUT2D eigenvalue weighted by Crippen LogP contribution is 2.33. The number of hydrogen-bond donors (Lipinski definition) is 3. The molecule has 0 radical (unpaired) electrons. The summed E-state index contributed by atoms with van der Waals surface area (Å²) in [6.07, 6.45) is 1.46. The maximum Gasteiger partial charge on any atom is 0.272 e. The van der Waals surface area contributed by atoms with Crippen LogP contribution in [0.25, 0.3) is 17.3 Å². The molecule has 7 nitrogen and oxygen atoms in total. The number of anilines is 2. The van der Waals surface area contributed by atoms with E-state index in [1.165, 1.54) is 53.4 Å².